The van der Waals surface area contributed by atoms with Gasteiger partial charge < -0.3 is 9.05 Å². The Morgan fingerprint density at radius 1 is 0.759 bits per heavy atom. The highest BCUT2D eigenvalue weighted by molar-refractivity contribution is 7.53. The van der Waals surface area contributed by atoms with Gasteiger partial charge in [-0.1, -0.05) is 84.9 Å². The monoisotopic (exact) mass is 406 g/mol. The molecule has 0 N–H and O–H groups in total. The van der Waals surface area contributed by atoms with Gasteiger partial charge in [-0.2, -0.15) is 0 Å². The third-order valence-electron chi connectivity index (χ3n) is 4.54. The second-order valence-corrected chi connectivity index (χ2v) is 8.65. The molecule has 0 spiro atoms. The molecule has 4 heteroatoms. The van der Waals surface area contributed by atoms with Gasteiger partial charge in [0.1, 0.15) is 0 Å². The molecule has 0 amide bonds. The van der Waals surface area contributed by atoms with Crippen LogP contribution in [-0.4, -0.2) is 13.2 Å². The Labute approximate surface area is 173 Å². The van der Waals surface area contributed by atoms with E-state index in [2.05, 4.69) is 30.3 Å². The summed E-state index contributed by atoms with van der Waals surface area (Å²) in [4.78, 5) is 0. The largest absolute Gasteiger partial charge is 0.335 e. The third-order valence-corrected chi connectivity index (χ3v) is 6.57. The highest BCUT2D eigenvalue weighted by Crippen LogP contribution is 2.51. The zero-order chi connectivity index (χ0) is 20.5. The van der Waals surface area contributed by atoms with E-state index in [-0.39, 0.29) is 6.16 Å². The van der Waals surface area contributed by atoms with E-state index >= 15 is 0 Å². The molecule has 3 rings (SSSR count). The molecule has 0 bridgehead atoms. The first-order valence-electron chi connectivity index (χ1n) is 9.94. The maximum Gasteiger partial charge on any atom is 0.335 e. The molecule has 0 unspecified atom stereocenters. The van der Waals surface area contributed by atoms with Crippen LogP contribution < -0.4 is 0 Å². The van der Waals surface area contributed by atoms with Crippen LogP contribution in [0.15, 0.2) is 84.9 Å². The van der Waals surface area contributed by atoms with Crippen molar-refractivity contribution in [1.29, 1.82) is 0 Å². The van der Waals surface area contributed by atoms with Gasteiger partial charge in [-0.3, -0.25) is 4.57 Å². The number of hydrogen-bond donors (Lipinski definition) is 0. The van der Waals surface area contributed by atoms with Crippen molar-refractivity contribution in [2.24, 2.45) is 0 Å². The average molecular weight is 406 g/mol. The lowest BCUT2D eigenvalue weighted by molar-refractivity contribution is 0.219. The zero-order valence-corrected chi connectivity index (χ0v) is 17.8. The highest BCUT2D eigenvalue weighted by atomic mass is 31.2. The van der Waals surface area contributed by atoms with E-state index in [1.54, 1.807) is 0 Å². The molecule has 0 saturated heterocycles. The van der Waals surface area contributed by atoms with Crippen LogP contribution in [0.2, 0.25) is 0 Å². The SMILES string of the molecule is CCOP(=O)(Cc1ccccc1C=C(c1ccccc1)c1ccccc1)OCC. The summed E-state index contributed by atoms with van der Waals surface area (Å²) < 4.78 is 24.1. The molecule has 0 saturated carbocycles. The lowest BCUT2D eigenvalue weighted by Gasteiger charge is -2.18. The van der Waals surface area contributed by atoms with Crippen molar-refractivity contribution in [2.45, 2.75) is 20.0 Å². The van der Waals surface area contributed by atoms with Crippen LogP contribution in [-0.2, 0) is 19.8 Å². The molecule has 0 fully saturated rings. The average Bonchev–Trinajstić information content (AvgIpc) is 2.74. The van der Waals surface area contributed by atoms with Gasteiger partial charge in [0.05, 0.1) is 19.4 Å². The van der Waals surface area contributed by atoms with Crippen molar-refractivity contribution in [3.63, 3.8) is 0 Å². The van der Waals surface area contributed by atoms with Crippen molar-refractivity contribution in [3.8, 4) is 0 Å². The van der Waals surface area contributed by atoms with E-state index < -0.39 is 7.60 Å². The first-order chi connectivity index (χ1) is 14.1. The Balaban J connectivity index is 2.07. The summed E-state index contributed by atoms with van der Waals surface area (Å²) >= 11 is 0. The van der Waals surface area contributed by atoms with Gasteiger partial charge in [-0.25, -0.2) is 0 Å². The number of benzene rings is 3. The van der Waals surface area contributed by atoms with Crippen LogP contribution in [0.4, 0.5) is 0 Å². The minimum absolute atomic E-state index is 0.248. The van der Waals surface area contributed by atoms with E-state index in [0.717, 1.165) is 27.8 Å². The van der Waals surface area contributed by atoms with Gasteiger partial charge in [0.25, 0.3) is 0 Å². The van der Waals surface area contributed by atoms with Gasteiger partial charge >= 0.3 is 7.60 Å². The summed E-state index contributed by atoms with van der Waals surface area (Å²) in [6, 6.07) is 28.6. The summed E-state index contributed by atoms with van der Waals surface area (Å²) in [6.07, 6.45) is 2.40. The molecular formula is C25H27O3P. The lowest BCUT2D eigenvalue weighted by Crippen LogP contribution is -2.00. The molecule has 0 heterocycles. The Kier molecular flexibility index (Phi) is 7.60. The summed E-state index contributed by atoms with van der Waals surface area (Å²) in [5, 5.41) is 0. The Bertz CT molecular complexity index is 930. The second kappa shape index (κ2) is 10.4. The van der Waals surface area contributed by atoms with Crippen LogP contribution in [0.5, 0.6) is 0 Å². The van der Waals surface area contributed by atoms with E-state index in [9.17, 15) is 4.57 Å². The van der Waals surface area contributed by atoms with Crippen LogP contribution in [0.25, 0.3) is 11.6 Å². The van der Waals surface area contributed by atoms with Crippen LogP contribution in [0, 0.1) is 0 Å². The second-order valence-electron chi connectivity index (χ2n) is 6.59. The van der Waals surface area contributed by atoms with Crippen molar-refractivity contribution < 1.29 is 13.6 Å². The van der Waals surface area contributed by atoms with E-state index in [0.29, 0.717) is 13.2 Å². The predicted molar refractivity (Wildman–Crippen MR) is 121 cm³/mol. The molecule has 0 aliphatic rings. The molecule has 29 heavy (non-hydrogen) atoms. The molecule has 0 atom stereocenters. The summed E-state index contributed by atoms with van der Waals surface area (Å²) in [6.45, 7) is 4.38. The van der Waals surface area contributed by atoms with Gasteiger partial charge in [-0.15, -0.1) is 0 Å². The van der Waals surface area contributed by atoms with Crippen molar-refractivity contribution in [1.82, 2.24) is 0 Å². The maximum absolute atomic E-state index is 13.1. The van der Waals surface area contributed by atoms with E-state index in [1.165, 1.54) is 0 Å². The maximum atomic E-state index is 13.1. The highest BCUT2D eigenvalue weighted by Gasteiger charge is 2.25. The van der Waals surface area contributed by atoms with Crippen LogP contribution >= 0.6 is 7.60 Å². The molecule has 0 aliphatic heterocycles. The minimum Gasteiger partial charge on any atom is -0.309 e. The molecule has 150 valence electrons. The van der Waals surface area contributed by atoms with Crippen LogP contribution in [0.1, 0.15) is 36.1 Å². The van der Waals surface area contributed by atoms with Gasteiger partial charge in [0.15, 0.2) is 0 Å². The smallest absolute Gasteiger partial charge is 0.309 e. The molecule has 3 aromatic carbocycles. The van der Waals surface area contributed by atoms with Crippen molar-refractivity contribution >= 4 is 19.2 Å². The van der Waals surface area contributed by atoms with E-state index in [4.69, 9.17) is 9.05 Å². The van der Waals surface area contributed by atoms with Gasteiger partial charge in [0, 0.05) is 0 Å². The molecule has 3 nitrogen and oxygen atoms in total. The topological polar surface area (TPSA) is 35.5 Å². The fourth-order valence-electron chi connectivity index (χ4n) is 3.27. The van der Waals surface area contributed by atoms with Gasteiger partial charge in [-0.05, 0) is 47.8 Å². The molecule has 0 aliphatic carbocycles. The minimum atomic E-state index is -3.18. The quantitative estimate of drug-likeness (QED) is 0.282. The lowest BCUT2D eigenvalue weighted by atomic mass is 9.94. The van der Waals surface area contributed by atoms with Crippen LogP contribution in [0.3, 0.4) is 0 Å². The summed E-state index contributed by atoms with van der Waals surface area (Å²) in [7, 11) is -3.18. The number of rotatable bonds is 9. The fraction of sp³-hybridized carbons (Fsp3) is 0.200. The molecule has 0 aromatic heterocycles. The first kappa shape index (κ1) is 21.3. The van der Waals surface area contributed by atoms with E-state index in [1.807, 2.05) is 74.5 Å². The van der Waals surface area contributed by atoms with Gasteiger partial charge in [0.2, 0.25) is 0 Å². The zero-order valence-electron chi connectivity index (χ0n) is 17.0. The standard InChI is InChI=1S/C25H27O3P/c1-3-27-29(26,28-4-2)20-24-18-12-11-17-23(24)19-25(21-13-7-5-8-14-21)22-15-9-6-10-16-22/h5-19H,3-4,20H2,1-2H3. The molecule has 3 aromatic rings. The fourth-order valence-corrected chi connectivity index (χ4v) is 5.02. The van der Waals surface area contributed by atoms with Crippen molar-refractivity contribution in [3.05, 3.63) is 107 Å². The molecular weight excluding hydrogens is 379 g/mol. The summed E-state index contributed by atoms with van der Waals surface area (Å²) in [5.74, 6) is 0. The Hall–Kier alpha value is -2.45. The predicted octanol–water partition coefficient (Wildman–Crippen LogP) is 7.04. The first-order valence-corrected chi connectivity index (χ1v) is 11.7. The van der Waals surface area contributed by atoms with Crippen molar-refractivity contribution in [2.75, 3.05) is 13.2 Å². The third kappa shape index (κ3) is 5.77. The summed E-state index contributed by atoms with van der Waals surface area (Å²) in [5.41, 5.74) is 5.33. The Morgan fingerprint density at radius 2 is 1.24 bits per heavy atom. The normalized spacial score (nSPS) is 11.2. The Morgan fingerprint density at radius 3 is 1.76 bits per heavy atom. The number of hydrogen-bond acceptors (Lipinski definition) is 3. The molecule has 0 radical (unpaired) electrons.